The number of likely N-dealkylation sites (tertiary alicyclic amines) is 2. The fourth-order valence-electron chi connectivity index (χ4n) is 8.20. The number of Topliss-reactive ketones (excluding diaryl/α,β-unsaturated/α-hetero) is 2. The summed E-state index contributed by atoms with van der Waals surface area (Å²) in [5.41, 5.74) is 4.10. The summed E-state index contributed by atoms with van der Waals surface area (Å²) in [7, 11) is 3.30. The highest BCUT2D eigenvalue weighted by atomic mass is 16.6. The second-order valence-electron chi connectivity index (χ2n) is 15.3. The monoisotopic (exact) mass is 745 g/mol. The first-order valence-corrected chi connectivity index (χ1v) is 18.8. The molecule has 2 N–H and O–H groups in total. The van der Waals surface area contributed by atoms with Crippen LogP contribution in [0.3, 0.4) is 0 Å². The van der Waals surface area contributed by atoms with Crippen molar-refractivity contribution < 1.29 is 48.0 Å². The van der Waals surface area contributed by atoms with Gasteiger partial charge < -0.3 is 34.3 Å². The summed E-state index contributed by atoms with van der Waals surface area (Å²) >= 11 is 0. The van der Waals surface area contributed by atoms with Gasteiger partial charge in [-0.15, -0.1) is 0 Å². The molecule has 4 aliphatic rings. The van der Waals surface area contributed by atoms with Crippen molar-refractivity contribution in [3.8, 4) is 16.9 Å². The minimum absolute atomic E-state index is 0.0689. The highest BCUT2D eigenvalue weighted by Gasteiger charge is 2.44. The van der Waals surface area contributed by atoms with Crippen molar-refractivity contribution in [1.29, 1.82) is 0 Å². The lowest BCUT2D eigenvalue weighted by atomic mass is 9.84. The average molecular weight is 746 g/mol. The molecule has 0 radical (unpaired) electrons. The third-order valence-corrected chi connectivity index (χ3v) is 11.3. The van der Waals surface area contributed by atoms with Gasteiger partial charge in [-0.1, -0.05) is 26.0 Å². The number of hydrogen-bond acceptors (Lipinski definition) is 12. The van der Waals surface area contributed by atoms with Gasteiger partial charge in [-0.3, -0.25) is 24.1 Å². The molecule has 1 amide bonds. The van der Waals surface area contributed by atoms with Crippen molar-refractivity contribution in [2.45, 2.75) is 96.2 Å². The number of methoxy groups -OCH3 is 1. The first kappa shape index (κ1) is 39.0. The third kappa shape index (κ3) is 7.88. The number of carbonyl (C=O) groups excluding carboxylic acids is 5. The molecule has 6 rings (SSSR count). The summed E-state index contributed by atoms with van der Waals surface area (Å²) in [6.45, 7) is 10.0. The zero-order chi connectivity index (χ0) is 38.8. The molecule has 290 valence electrons. The first-order chi connectivity index (χ1) is 25.8. The SMILES string of the molecule is C=C(NC(C(=O)N1[C@@H](C)CC[C@H]1C(=O)OC1CCc2cc3c(cc2C1=O)OCc1cc(C(=O)COC(=O)[C@@H]2C[C@H](CCO)CN2C)ccc1-3)C(C)C)OC. The van der Waals surface area contributed by atoms with Crippen LogP contribution in [0, 0.1) is 11.8 Å². The smallest absolute Gasteiger partial charge is 0.329 e. The van der Waals surface area contributed by atoms with E-state index in [2.05, 4.69) is 11.9 Å². The fourth-order valence-corrected chi connectivity index (χ4v) is 8.20. The molecular weight excluding hydrogens is 694 g/mol. The van der Waals surface area contributed by atoms with Gasteiger partial charge in [0.25, 0.3) is 0 Å². The van der Waals surface area contributed by atoms with Gasteiger partial charge in [0.15, 0.2) is 24.4 Å². The molecule has 13 heteroatoms. The zero-order valence-electron chi connectivity index (χ0n) is 31.7. The van der Waals surface area contributed by atoms with Gasteiger partial charge in [-0.25, -0.2) is 4.79 Å². The maximum atomic E-state index is 13.8. The van der Waals surface area contributed by atoms with Crippen LogP contribution in [-0.2, 0) is 41.6 Å². The largest absolute Gasteiger partial charge is 0.488 e. The summed E-state index contributed by atoms with van der Waals surface area (Å²) in [4.78, 5) is 70.4. The van der Waals surface area contributed by atoms with Gasteiger partial charge in [0.2, 0.25) is 11.7 Å². The van der Waals surface area contributed by atoms with E-state index in [0.29, 0.717) is 61.9 Å². The Bertz CT molecular complexity index is 1820. The Kier molecular flexibility index (Phi) is 11.8. The van der Waals surface area contributed by atoms with Crippen LogP contribution in [0.15, 0.2) is 42.8 Å². The topological polar surface area (TPSA) is 161 Å². The number of benzene rings is 2. The Balaban J connectivity index is 1.10. The number of carbonyl (C=O) groups is 5. The van der Waals surface area contributed by atoms with E-state index in [-0.39, 0.29) is 61.1 Å². The minimum Gasteiger partial charge on any atom is -0.488 e. The molecule has 6 atom stereocenters. The van der Waals surface area contributed by atoms with Gasteiger partial charge in [-0.05, 0) is 106 Å². The van der Waals surface area contributed by atoms with Crippen LogP contribution < -0.4 is 10.1 Å². The normalized spacial score (nSPS) is 23.8. The number of aliphatic hydroxyl groups excluding tert-OH is 1. The summed E-state index contributed by atoms with van der Waals surface area (Å²) in [5, 5.41) is 12.3. The summed E-state index contributed by atoms with van der Waals surface area (Å²) in [5.74, 6) is -1.05. The number of ether oxygens (including phenoxy) is 4. The second kappa shape index (κ2) is 16.3. The molecule has 2 unspecified atom stereocenters. The van der Waals surface area contributed by atoms with Crippen molar-refractivity contribution in [2.24, 2.45) is 11.8 Å². The number of hydrogen-bond donors (Lipinski definition) is 2. The van der Waals surface area contributed by atoms with Crippen LogP contribution in [0.5, 0.6) is 5.75 Å². The molecule has 13 nitrogen and oxygen atoms in total. The molecule has 3 heterocycles. The van der Waals surface area contributed by atoms with E-state index >= 15 is 0 Å². The molecule has 0 saturated carbocycles. The molecule has 2 aromatic carbocycles. The predicted octanol–water partition coefficient (Wildman–Crippen LogP) is 3.83. The lowest BCUT2D eigenvalue weighted by Crippen LogP contribution is -2.54. The average Bonchev–Trinajstić information content (AvgIpc) is 3.73. The number of esters is 2. The predicted molar refractivity (Wildman–Crippen MR) is 197 cm³/mol. The number of likely N-dealkylation sites (N-methyl/N-ethyl adjacent to an activating group) is 1. The van der Waals surface area contributed by atoms with Crippen LogP contribution in [-0.4, -0.2) is 109 Å². The molecule has 2 aromatic rings. The van der Waals surface area contributed by atoms with Gasteiger partial charge in [-0.2, -0.15) is 0 Å². The Morgan fingerprint density at radius 3 is 2.52 bits per heavy atom. The fraction of sp³-hybridized carbons (Fsp3) is 0.537. The van der Waals surface area contributed by atoms with Crippen LogP contribution in [0.1, 0.15) is 84.7 Å². The summed E-state index contributed by atoms with van der Waals surface area (Å²) < 4.78 is 22.5. The maximum absolute atomic E-state index is 13.8. The van der Waals surface area contributed by atoms with Crippen molar-refractivity contribution in [3.05, 3.63) is 65.0 Å². The van der Waals surface area contributed by atoms with E-state index in [9.17, 15) is 29.1 Å². The Labute approximate surface area is 315 Å². The van der Waals surface area contributed by atoms with E-state index < -0.39 is 36.2 Å². The third-order valence-electron chi connectivity index (χ3n) is 11.3. The lowest BCUT2D eigenvalue weighted by Gasteiger charge is -2.34. The molecule has 0 aromatic heterocycles. The molecule has 3 aliphatic heterocycles. The molecule has 2 fully saturated rings. The van der Waals surface area contributed by atoms with Gasteiger partial charge in [0.1, 0.15) is 30.5 Å². The van der Waals surface area contributed by atoms with Crippen molar-refractivity contribution in [2.75, 3.05) is 33.9 Å². The summed E-state index contributed by atoms with van der Waals surface area (Å²) in [6.07, 6.45) is 2.07. The molecule has 2 saturated heterocycles. The van der Waals surface area contributed by atoms with Gasteiger partial charge >= 0.3 is 11.9 Å². The van der Waals surface area contributed by atoms with E-state index in [1.54, 1.807) is 23.1 Å². The molecular formula is C41H51N3O10. The standard InChI is InChI=1S/C41H51N3O10/c1-22(2)37(42-24(4)51-6)39(48)44-23(3)7-11-32(44)41(50)54-35-12-9-26-17-31-29-10-8-27(16-28(29)20-52-36(31)18-30(26)38(35)47)34(46)21-53-40(49)33-15-25(13-14-45)19-43(33)5/h8,10,16-18,22-23,25,32-33,35,37,42,45H,4,7,9,11-15,19-21H2,1-3,5-6H3/t23-,25-,32-,33-,35?,37?/m0/s1. The van der Waals surface area contributed by atoms with Crippen LogP contribution in [0.4, 0.5) is 0 Å². The highest BCUT2D eigenvalue weighted by Crippen LogP contribution is 2.42. The zero-order valence-corrected chi connectivity index (χ0v) is 31.7. The first-order valence-electron chi connectivity index (χ1n) is 18.8. The number of ketones is 2. The van der Waals surface area contributed by atoms with Gasteiger partial charge in [0, 0.05) is 35.9 Å². The molecule has 0 spiro atoms. The van der Waals surface area contributed by atoms with Crippen molar-refractivity contribution in [1.82, 2.24) is 15.1 Å². The highest BCUT2D eigenvalue weighted by molar-refractivity contribution is 6.04. The van der Waals surface area contributed by atoms with Crippen LogP contribution >= 0.6 is 0 Å². The number of aryl methyl sites for hydroxylation is 1. The van der Waals surface area contributed by atoms with Crippen LogP contribution in [0.25, 0.3) is 11.1 Å². The van der Waals surface area contributed by atoms with Crippen molar-refractivity contribution in [3.63, 3.8) is 0 Å². The van der Waals surface area contributed by atoms with E-state index in [4.69, 9.17) is 18.9 Å². The molecule has 54 heavy (non-hydrogen) atoms. The number of nitrogens with one attached hydrogen (secondary N) is 1. The molecule has 0 bridgehead atoms. The van der Waals surface area contributed by atoms with Crippen LogP contribution in [0.2, 0.25) is 0 Å². The lowest BCUT2D eigenvalue weighted by molar-refractivity contribution is -0.158. The van der Waals surface area contributed by atoms with Crippen molar-refractivity contribution >= 4 is 29.4 Å². The Morgan fingerprint density at radius 2 is 1.80 bits per heavy atom. The molecule has 1 aliphatic carbocycles. The van der Waals surface area contributed by atoms with E-state index in [0.717, 1.165) is 22.3 Å². The number of rotatable bonds is 13. The maximum Gasteiger partial charge on any atom is 0.329 e. The number of fused-ring (bicyclic) bond motifs is 4. The summed E-state index contributed by atoms with van der Waals surface area (Å²) in [6, 6.07) is 6.83. The van der Waals surface area contributed by atoms with E-state index in [1.807, 2.05) is 44.9 Å². The quantitative estimate of drug-likeness (QED) is 0.174. The minimum atomic E-state index is -0.988. The van der Waals surface area contributed by atoms with E-state index in [1.165, 1.54) is 7.11 Å². The van der Waals surface area contributed by atoms with Gasteiger partial charge in [0.05, 0.1) is 7.11 Å². The number of nitrogens with zero attached hydrogens (tertiary/aromatic N) is 2. The Morgan fingerprint density at radius 1 is 1.02 bits per heavy atom. The number of amides is 1. The Hall–Kier alpha value is -4.75. The number of aliphatic hydroxyl groups is 1. The second-order valence-corrected chi connectivity index (χ2v) is 15.3.